The Morgan fingerprint density at radius 2 is 1.83 bits per heavy atom. The Morgan fingerprint density at radius 3 is 2.42 bits per heavy atom. The number of likely N-dealkylation sites (tertiary alicyclic amines) is 1. The topological polar surface area (TPSA) is 41.6 Å². The number of rotatable bonds is 5. The van der Waals surface area contributed by atoms with E-state index in [0.29, 0.717) is 0 Å². The lowest BCUT2D eigenvalue weighted by Gasteiger charge is -2.36. The molecule has 0 bridgehead atoms. The molecule has 0 atom stereocenters. The van der Waals surface area contributed by atoms with E-state index >= 15 is 0 Å². The summed E-state index contributed by atoms with van der Waals surface area (Å²) in [6.07, 6.45) is -5.13. The van der Waals surface area contributed by atoms with Gasteiger partial charge in [0.05, 0.1) is 13.1 Å². The predicted molar refractivity (Wildman–Crippen MR) is 80.2 cm³/mol. The molecule has 1 fully saturated rings. The number of halogens is 4. The molecule has 0 saturated carbocycles. The zero-order valence-electron chi connectivity index (χ0n) is 13.1. The van der Waals surface area contributed by atoms with Gasteiger partial charge in [0.1, 0.15) is 12.3 Å². The molecule has 1 saturated heterocycles. The molecule has 1 amide bonds. The smallest absolute Gasteiger partial charge is 0.407 e. The highest BCUT2D eigenvalue weighted by molar-refractivity contribution is 5.67. The molecule has 0 aliphatic carbocycles. The van der Waals surface area contributed by atoms with Crippen molar-refractivity contribution in [2.75, 3.05) is 26.2 Å². The third-order valence-corrected chi connectivity index (χ3v) is 3.92. The molecule has 0 spiro atoms. The Balaban J connectivity index is 1.69. The molecule has 1 aliphatic heterocycles. The first-order valence-electron chi connectivity index (χ1n) is 7.68. The van der Waals surface area contributed by atoms with Crippen molar-refractivity contribution in [3.8, 4) is 0 Å². The van der Waals surface area contributed by atoms with Crippen LogP contribution in [0, 0.1) is 0 Å². The third kappa shape index (κ3) is 6.35. The van der Waals surface area contributed by atoms with Crippen LogP contribution in [0.2, 0.25) is 0 Å². The maximum absolute atomic E-state index is 14.5. The van der Waals surface area contributed by atoms with Gasteiger partial charge in [0.2, 0.25) is 0 Å². The van der Waals surface area contributed by atoms with Crippen LogP contribution >= 0.6 is 0 Å². The molecular formula is C16H20F4N2O2. The summed E-state index contributed by atoms with van der Waals surface area (Å²) in [5.41, 5.74) is -0.892. The van der Waals surface area contributed by atoms with E-state index in [9.17, 15) is 22.4 Å². The largest absolute Gasteiger partial charge is 0.445 e. The van der Waals surface area contributed by atoms with E-state index in [1.807, 2.05) is 18.2 Å². The lowest BCUT2D eigenvalue weighted by Crippen LogP contribution is -2.50. The van der Waals surface area contributed by atoms with Crippen molar-refractivity contribution >= 4 is 6.09 Å². The molecule has 1 N–H and O–H groups in total. The monoisotopic (exact) mass is 348 g/mol. The van der Waals surface area contributed by atoms with Crippen LogP contribution in [-0.2, 0) is 11.3 Å². The van der Waals surface area contributed by atoms with Gasteiger partial charge in [-0.15, -0.1) is 0 Å². The number of nitrogens with zero attached hydrogens (tertiary/aromatic N) is 1. The molecule has 1 aromatic rings. The Hall–Kier alpha value is -1.83. The zero-order valence-corrected chi connectivity index (χ0v) is 13.1. The lowest BCUT2D eigenvalue weighted by atomic mass is 9.93. The highest BCUT2D eigenvalue weighted by Gasteiger charge is 2.38. The molecule has 0 aromatic heterocycles. The molecule has 0 radical (unpaired) electrons. The summed E-state index contributed by atoms with van der Waals surface area (Å²) < 4.78 is 56.4. The number of hydrogen-bond donors (Lipinski definition) is 1. The molecule has 134 valence electrons. The van der Waals surface area contributed by atoms with E-state index in [2.05, 4.69) is 5.32 Å². The molecule has 8 heteroatoms. The van der Waals surface area contributed by atoms with Gasteiger partial charge in [-0.2, -0.15) is 13.2 Å². The van der Waals surface area contributed by atoms with Crippen LogP contribution in [0.15, 0.2) is 30.3 Å². The number of alkyl carbamates (subject to hydrolysis) is 1. The average molecular weight is 348 g/mol. The summed E-state index contributed by atoms with van der Waals surface area (Å²) in [6, 6.07) is 9.03. The van der Waals surface area contributed by atoms with Gasteiger partial charge in [-0.25, -0.2) is 9.18 Å². The summed E-state index contributed by atoms with van der Waals surface area (Å²) in [7, 11) is 0. The summed E-state index contributed by atoms with van der Waals surface area (Å²) >= 11 is 0. The van der Waals surface area contributed by atoms with Crippen LogP contribution in [0.4, 0.5) is 22.4 Å². The fraction of sp³-hybridized carbons (Fsp3) is 0.562. The quantitative estimate of drug-likeness (QED) is 0.831. The first-order valence-corrected chi connectivity index (χ1v) is 7.68. The summed E-state index contributed by atoms with van der Waals surface area (Å²) in [6.45, 7) is -1.20. The molecule has 4 nitrogen and oxygen atoms in total. The Morgan fingerprint density at radius 1 is 1.21 bits per heavy atom. The minimum Gasteiger partial charge on any atom is -0.445 e. The number of carbonyl (C=O) groups excluding carboxylic acids is 1. The Kier molecular flexibility index (Phi) is 6.04. The van der Waals surface area contributed by atoms with Crippen molar-refractivity contribution in [2.24, 2.45) is 0 Å². The minimum absolute atomic E-state index is 0.0107. The van der Waals surface area contributed by atoms with E-state index < -0.39 is 24.5 Å². The maximum atomic E-state index is 14.5. The van der Waals surface area contributed by atoms with Crippen molar-refractivity contribution in [1.29, 1.82) is 0 Å². The number of alkyl halides is 4. The first-order chi connectivity index (χ1) is 11.3. The molecule has 1 aromatic carbocycles. The zero-order chi connectivity index (χ0) is 17.6. The summed E-state index contributed by atoms with van der Waals surface area (Å²) in [5.74, 6) is 0. The number of carbonyl (C=O) groups is 1. The number of hydrogen-bond acceptors (Lipinski definition) is 3. The Bertz CT molecular complexity index is 529. The van der Waals surface area contributed by atoms with Gasteiger partial charge in [-0.05, 0) is 18.4 Å². The second-order valence-corrected chi connectivity index (χ2v) is 5.96. The van der Waals surface area contributed by atoms with E-state index in [1.54, 1.807) is 12.1 Å². The van der Waals surface area contributed by atoms with Crippen molar-refractivity contribution in [3.05, 3.63) is 35.9 Å². The van der Waals surface area contributed by atoms with Crippen LogP contribution < -0.4 is 5.32 Å². The number of amides is 1. The highest BCUT2D eigenvalue weighted by Crippen LogP contribution is 2.28. The number of nitrogens with one attached hydrogen (secondary N) is 1. The Labute approximate surface area is 137 Å². The third-order valence-electron chi connectivity index (χ3n) is 3.92. The van der Waals surface area contributed by atoms with Crippen molar-refractivity contribution in [2.45, 2.75) is 31.3 Å². The van der Waals surface area contributed by atoms with Gasteiger partial charge < -0.3 is 10.1 Å². The van der Waals surface area contributed by atoms with Crippen LogP contribution in [-0.4, -0.2) is 49.0 Å². The van der Waals surface area contributed by atoms with Gasteiger partial charge in [-0.3, -0.25) is 4.90 Å². The molecule has 24 heavy (non-hydrogen) atoms. The fourth-order valence-corrected chi connectivity index (χ4v) is 2.55. The van der Waals surface area contributed by atoms with Crippen LogP contribution in [0.5, 0.6) is 0 Å². The SMILES string of the molecule is O=C(NCC1(F)CCN(CC(F)(F)F)CC1)OCc1ccccc1. The molecular weight excluding hydrogens is 328 g/mol. The summed E-state index contributed by atoms with van der Waals surface area (Å²) in [4.78, 5) is 12.8. The van der Waals surface area contributed by atoms with Crippen LogP contribution in [0.3, 0.4) is 0 Å². The normalized spacial score (nSPS) is 18.2. The number of piperidine rings is 1. The van der Waals surface area contributed by atoms with E-state index in [0.717, 1.165) is 5.56 Å². The molecule has 1 heterocycles. The van der Waals surface area contributed by atoms with E-state index in [1.165, 1.54) is 4.90 Å². The molecule has 1 aliphatic rings. The molecule has 0 unspecified atom stereocenters. The van der Waals surface area contributed by atoms with Crippen LogP contribution in [0.25, 0.3) is 0 Å². The average Bonchev–Trinajstić information content (AvgIpc) is 2.53. The van der Waals surface area contributed by atoms with Crippen molar-refractivity contribution < 1.29 is 27.1 Å². The summed E-state index contributed by atoms with van der Waals surface area (Å²) in [5, 5.41) is 2.35. The fourth-order valence-electron chi connectivity index (χ4n) is 2.55. The second-order valence-electron chi connectivity index (χ2n) is 5.96. The lowest BCUT2D eigenvalue weighted by molar-refractivity contribution is -0.151. The standard InChI is InChI=1S/C16H20F4N2O2/c17-15(6-8-22(9-7-15)12-16(18,19)20)11-21-14(23)24-10-13-4-2-1-3-5-13/h1-5H,6-12H2,(H,21,23). The van der Waals surface area contributed by atoms with E-state index in [-0.39, 0.29) is 39.1 Å². The van der Waals surface area contributed by atoms with Gasteiger partial charge in [-0.1, -0.05) is 30.3 Å². The number of ether oxygens (including phenoxy) is 1. The minimum atomic E-state index is -4.28. The number of benzene rings is 1. The first kappa shape index (κ1) is 18.5. The van der Waals surface area contributed by atoms with Gasteiger partial charge in [0.25, 0.3) is 0 Å². The van der Waals surface area contributed by atoms with Crippen LogP contribution in [0.1, 0.15) is 18.4 Å². The van der Waals surface area contributed by atoms with Gasteiger partial charge in [0.15, 0.2) is 0 Å². The van der Waals surface area contributed by atoms with Gasteiger partial charge >= 0.3 is 12.3 Å². The second kappa shape index (κ2) is 7.83. The van der Waals surface area contributed by atoms with Crippen molar-refractivity contribution in [3.63, 3.8) is 0 Å². The predicted octanol–water partition coefficient (Wildman–Crippen LogP) is 3.28. The molecule has 2 rings (SSSR count). The van der Waals surface area contributed by atoms with E-state index in [4.69, 9.17) is 4.74 Å². The highest BCUT2D eigenvalue weighted by atomic mass is 19.4. The maximum Gasteiger partial charge on any atom is 0.407 e. The van der Waals surface area contributed by atoms with Crippen molar-refractivity contribution in [1.82, 2.24) is 10.2 Å². The van der Waals surface area contributed by atoms with Gasteiger partial charge in [0, 0.05) is 13.1 Å².